The Bertz CT molecular complexity index is 180. The Hall–Kier alpha value is 0.430. The van der Waals surface area contributed by atoms with Crippen molar-refractivity contribution in [1.29, 1.82) is 0 Å². The van der Waals surface area contributed by atoms with Gasteiger partial charge in [0.1, 0.15) is 0 Å². The van der Waals surface area contributed by atoms with Gasteiger partial charge in [0.25, 0.3) is 0 Å². The van der Waals surface area contributed by atoms with E-state index < -0.39 is 0 Å². The zero-order valence-electron chi connectivity index (χ0n) is 14.1. The van der Waals surface area contributed by atoms with Crippen LogP contribution in [0.4, 0.5) is 0 Å². The zero-order valence-corrected chi connectivity index (χ0v) is 15.3. The summed E-state index contributed by atoms with van der Waals surface area (Å²) in [4.78, 5) is 0. The monoisotopic (exact) mass is 286 g/mol. The van der Waals surface area contributed by atoms with Gasteiger partial charge in [-0.15, -0.1) is 9.24 Å². The molecule has 0 nitrogen and oxygen atoms in total. The smallest absolute Gasteiger partial charge is 0.0122 e. The lowest BCUT2D eigenvalue weighted by atomic mass is 9.78. The molecular formula is C18H39P. The summed E-state index contributed by atoms with van der Waals surface area (Å²) in [5.74, 6) is 0.924. The molecule has 2 unspecified atom stereocenters. The average molecular weight is 286 g/mol. The SMILES string of the molecule is CCCCCCC(CC)C(P)(CCCC)CCCC. The highest BCUT2D eigenvalue weighted by atomic mass is 31.0. The lowest BCUT2D eigenvalue weighted by Gasteiger charge is -2.38. The Morgan fingerprint density at radius 2 is 1.26 bits per heavy atom. The van der Waals surface area contributed by atoms with E-state index in [1.807, 2.05) is 0 Å². The van der Waals surface area contributed by atoms with E-state index in [2.05, 4.69) is 36.9 Å². The molecule has 0 heterocycles. The van der Waals surface area contributed by atoms with Gasteiger partial charge in [-0.25, -0.2) is 0 Å². The molecule has 0 radical (unpaired) electrons. The minimum absolute atomic E-state index is 0.535. The fourth-order valence-corrected chi connectivity index (χ4v) is 4.07. The second kappa shape index (κ2) is 12.2. The Labute approximate surface area is 125 Å². The van der Waals surface area contributed by atoms with Crippen molar-refractivity contribution in [2.24, 2.45) is 5.92 Å². The van der Waals surface area contributed by atoms with E-state index in [4.69, 9.17) is 0 Å². The van der Waals surface area contributed by atoms with Crippen LogP contribution >= 0.6 is 9.24 Å². The first-order chi connectivity index (χ1) is 9.14. The quantitative estimate of drug-likeness (QED) is 0.253. The summed E-state index contributed by atoms with van der Waals surface area (Å²) in [6.45, 7) is 9.36. The zero-order chi connectivity index (χ0) is 14.6. The fourth-order valence-electron chi connectivity index (χ4n) is 3.26. The average Bonchev–Trinajstić information content (AvgIpc) is 2.43. The summed E-state index contributed by atoms with van der Waals surface area (Å²) in [6.07, 6.45) is 16.8. The van der Waals surface area contributed by atoms with Crippen molar-refractivity contribution in [3.8, 4) is 0 Å². The molecule has 0 aliphatic heterocycles. The lowest BCUT2D eigenvalue weighted by molar-refractivity contribution is 0.288. The van der Waals surface area contributed by atoms with Gasteiger partial charge < -0.3 is 0 Å². The molecule has 0 aliphatic rings. The lowest BCUT2D eigenvalue weighted by Crippen LogP contribution is -2.31. The van der Waals surface area contributed by atoms with Crippen LogP contribution in [0.25, 0.3) is 0 Å². The highest BCUT2D eigenvalue weighted by molar-refractivity contribution is 7.19. The Morgan fingerprint density at radius 1 is 0.737 bits per heavy atom. The topological polar surface area (TPSA) is 0 Å². The predicted octanol–water partition coefficient (Wildman–Crippen LogP) is 6.98. The van der Waals surface area contributed by atoms with Crippen LogP contribution in [-0.2, 0) is 0 Å². The van der Waals surface area contributed by atoms with E-state index in [1.165, 1.54) is 77.0 Å². The van der Waals surface area contributed by atoms with E-state index in [9.17, 15) is 0 Å². The van der Waals surface area contributed by atoms with Crippen molar-refractivity contribution in [3.05, 3.63) is 0 Å². The molecule has 0 saturated carbocycles. The number of rotatable bonds is 13. The molecule has 116 valence electrons. The molecule has 0 aromatic heterocycles. The molecular weight excluding hydrogens is 247 g/mol. The van der Waals surface area contributed by atoms with E-state index in [1.54, 1.807) is 0 Å². The maximum atomic E-state index is 3.30. The molecule has 2 atom stereocenters. The Morgan fingerprint density at radius 3 is 1.68 bits per heavy atom. The van der Waals surface area contributed by atoms with Gasteiger partial charge >= 0.3 is 0 Å². The standard InChI is InChI=1S/C18H39P/c1-5-9-12-13-14-17(8-4)18(19,15-10-6-2)16-11-7-3/h17H,5-16,19H2,1-4H3. The summed E-state index contributed by atoms with van der Waals surface area (Å²) < 4.78 is 0. The Kier molecular flexibility index (Phi) is 12.5. The molecule has 0 bridgehead atoms. The first-order valence-electron chi connectivity index (χ1n) is 8.93. The van der Waals surface area contributed by atoms with Crippen LogP contribution in [0.1, 0.15) is 105 Å². The molecule has 0 spiro atoms. The molecule has 0 aromatic carbocycles. The van der Waals surface area contributed by atoms with Crippen molar-refractivity contribution in [2.45, 2.75) is 110 Å². The van der Waals surface area contributed by atoms with E-state index in [0.29, 0.717) is 5.16 Å². The molecule has 1 heteroatoms. The Balaban J connectivity index is 4.38. The first-order valence-corrected chi connectivity index (χ1v) is 9.51. The number of hydrogen-bond acceptors (Lipinski definition) is 0. The largest absolute Gasteiger partial charge is 0.131 e. The molecule has 0 fully saturated rings. The van der Waals surface area contributed by atoms with Crippen LogP contribution < -0.4 is 0 Å². The third kappa shape index (κ3) is 8.34. The van der Waals surface area contributed by atoms with Crippen molar-refractivity contribution in [3.63, 3.8) is 0 Å². The van der Waals surface area contributed by atoms with E-state index in [-0.39, 0.29) is 0 Å². The van der Waals surface area contributed by atoms with Gasteiger partial charge in [0, 0.05) is 0 Å². The van der Waals surface area contributed by atoms with Gasteiger partial charge in [-0.05, 0) is 30.3 Å². The van der Waals surface area contributed by atoms with Crippen LogP contribution in [0.3, 0.4) is 0 Å². The minimum atomic E-state index is 0.535. The van der Waals surface area contributed by atoms with Crippen LogP contribution in [0.15, 0.2) is 0 Å². The molecule has 0 N–H and O–H groups in total. The maximum Gasteiger partial charge on any atom is -0.0122 e. The molecule has 0 rings (SSSR count). The molecule has 0 aromatic rings. The third-order valence-electron chi connectivity index (χ3n) is 4.70. The number of hydrogen-bond donors (Lipinski definition) is 0. The minimum Gasteiger partial charge on any atom is -0.131 e. The normalized spacial score (nSPS) is 13.7. The number of unbranched alkanes of at least 4 members (excludes halogenated alkanes) is 5. The third-order valence-corrected chi connectivity index (χ3v) is 5.75. The fraction of sp³-hybridized carbons (Fsp3) is 1.00. The maximum absolute atomic E-state index is 3.30. The van der Waals surface area contributed by atoms with Crippen molar-refractivity contribution < 1.29 is 0 Å². The van der Waals surface area contributed by atoms with Crippen molar-refractivity contribution in [2.75, 3.05) is 0 Å². The van der Waals surface area contributed by atoms with Gasteiger partial charge in [0.15, 0.2) is 0 Å². The second-order valence-corrected chi connectivity index (χ2v) is 7.54. The summed E-state index contributed by atoms with van der Waals surface area (Å²) >= 11 is 0. The van der Waals surface area contributed by atoms with Crippen LogP contribution in [0, 0.1) is 5.92 Å². The summed E-state index contributed by atoms with van der Waals surface area (Å²) in [5, 5.41) is 0.535. The molecule has 19 heavy (non-hydrogen) atoms. The van der Waals surface area contributed by atoms with Crippen LogP contribution in [0.2, 0.25) is 0 Å². The second-order valence-electron chi connectivity index (χ2n) is 6.39. The molecule has 0 aliphatic carbocycles. The predicted molar refractivity (Wildman–Crippen MR) is 94.0 cm³/mol. The molecule has 0 amide bonds. The van der Waals surface area contributed by atoms with Crippen LogP contribution in [0.5, 0.6) is 0 Å². The van der Waals surface area contributed by atoms with Gasteiger partial charge in [-0.2, -0.15) is 0 Å². The van der Waals surface area contributed by atoms with E-state index >= 15 is 0 Å². The van der Waals surface area contributed by atoms with Crippen molar-refractivity contribution >= 4 is 9.24 Å². The summed E-state index contributed by atoms with van der Waals surface area (Å²) in [7, 11) is 3.30. The highest BCUT2D eigenvalue weighted by Gasteiger charge is 2.31. The van der Waals surface area contributed by atoms with Gasteiger partial charge in [-0.1, -0.05) is 85.5 Å². The van der Waals surface area contributed by atoms with Gasteiger partial charge in [0.2, 0.25) is 0 Å². The summed E-state index contributed by atoms with van der Waals surface area (Å²) in [6, 6.07) is 0. The van der Waals surface area contributed by atoms with Crippen LogP contribution in [-0.4, -0.2) is 5.16 Å². The first kappa shape index (κ1) is 19.4. The van der Waals surface area contributed by atoms with Gasteiger partial charge in [0.05, 0.1) is 0 Å². The van der Waals surface area contributed by atoms with Crippen molar-refractivity contribution in [1.82, 2.24) is 0 Å². The molecule has 0 saturated heterocycles. The summed E-state index contributed by atoms with van der Waals surface area (Å²) in [5.41, 5.74) is 0. The highest BCUT2D eigenvalue weighted by Crippen LogP contribution is 2.42. The van der Waals surface area contributed by atoms with Gasteiger partial charge in [-0.3, -0.25) is 0 Å². The van der Waals surface area contributed by atoms with E-state index in [0.717, 1.165) is 5.92 Å².